The number of phosphoric acid groups is 1. The van der Waals surface area contributed by atoms with Gasteiger partial charge in [0.25, 0.3) is 0 Å². The molecule has 9 heavy (non-hydrogen) atoms. The van der Waals surface area contributed by atoms with Gasteiger partial charge in [0.15, 0.2) is 0 Å². The van der Waals surface area contributed by atoms with E-state index in [-0.39, 0.29) is 58.9 Å². The van der Waals surface area contributed by atoms with Crippen molar-refractivity contribution in [1.82, 2.24) is 6.15 Å². The molecular weight excluding hydrogens is 281 g/mol. The van der Waals surface area contributed by atoms with Crippen molar-refractivity contribution < 1.29 is 71.9 Å². The van der Waals surface area contributed by atoms with Crippen molar-refractivity contribution in [2.24, 2.45) is 0 Å². The van der Waals surface area contributed by atoms with E-state index in [1.165, 1.54) is 0 Å². The second-order valence-corrected chi connectivity index (χ2v) is 1.34. The molecule has 0 aliphatic rings. The van der Waals surface area contributed by atoms with Crippen molar-refractivity contribution in [2.75, 3.05) is 0 Å². The molecule has 57 valence electrons. The van der Waals surface area contributed by atoms with Crippen LogP contribution in [-0.4, -0.2) is 11.0 Å². The molecule has 0 aromatic carbocycles. The molecule has 0 aliphatic heterocycles. The third-order valence-corrected chi connectivity index (χ3v) is 0. The normalized spacial score (nSPS) is 6.56. The standard InChI is InChI=1S/Ce.H3N.H3O4P.2H2O/c;;1-5(2,3)4;;/h;1H3;(H3,1,2,3,4);2*1H2/q+3;;;;/p-3. The van der Waals surface area contributed by atoms with Gasteiger partial charge in [-0.3, -0.25) is 0 Å². The zero-order valence-electron chi connectivity index (χ0n) is 4.53. The molecule has 0 fully saturated rings. The van der Waals surface area contributed by atoms with Crippen molar-refractivity contribution in [1.29, 1.82) is 0 Å². The minimum Gasteiger partial charge on any atom is -0.870 e. The molecule has 0 heterocycles. The Bertz CT molecular complexity index is 59.2. The van der Waals surface area contributed by atoms with Gasteiger partial charge in [-0.25, -0.2) is 0 Å². The Morgan fingerprint density at radius 3 is 1.11 bits per heavy atom. The molecule has 7 nitrogen and oxygen atoms in total. The molecule has 0 amide bonds. The summed E-state index contributed by atoms with van der Waals surface area (Å²) < 4.78 is 8.55. The SMILES string of the molecule is O.O=P([O-])([O-])[O-].[Ce+3].[NH4+].[OH-]. The van der Waals surface area contributed by atoms with E-state index in [4.69, 9.17) is 19.2 Å². The van der Waals surface area contributed by atoms with E-state index < -0.39 is 7.82 Å². The van der Waals surface area contributed by atoms with Crippen molar-refractivity contribution in [3.8, 4) is 0 Å². The van der Waals surface area contributed by atoms with Gasteiger partial charge in [-0.05, 0) is 0 Å². The summed E-state index contributed by atoms with van der Waals surface area (Å²) >= 11 is 0. The topological polar surface area (TPSA) is 184 Å². The Morgan fingerprint density at radius 2 is 1.11 bits per heavy atom. The first kappa shape index (κ1) is 31.6. The summed E-state index contributed by atoms with van der Waals surface area (Å²) in [6.07, 6.45) is 0. The van der Waals surface area contributed by atoms with Gasteiger partial charge in [0.1, 0.15) is 0 Å². The molecule has 0 aromatic heterocycles. The predicted molar refractivity (Wildman–Crippen MR) is 19.1 cm³/mol. The molecule has 0 unspecified atom stereocenters. The van der Waals surface area contributed by atoms with Gasteiger partial charge in [-0.1, -0.05) is 0 Å². The molecule has 0 rings (SSSR count). The molecule has 7 N–H and O–H groups in total. The summed E-state index contributed by atoms with van der Waals surface area (Å²) in [5, 5.41) is 0. The number of quaternary nitrogens is 1. The van der Waals surface area contributed by atoms with E-state index in [1.807, 2.05) is 0 Å². The van der Waals surface area contributed by atoms with Crippen molar-refractivity contribution in [2.45, 2.75) is 0 Å². The minimum atomic E-state index is -5.39. The summed E-state index contributed by atoms with van der Waals surface area (Å²) in [5.74, 6) is 0. The van der Waals surface area contributed by atoms with Crippen LogP contribution in [0.15, 0.2) is 0 Å². The van der Waals surface area contributed by atoms with Gasteiger partial charge < -0.3 is 36.3 Å². The molecule has 9 heteroatoms. The van der Waals surface area contributed by atoms with Gasteiger partial charge in [-0.15, -0.1) is 0 Å². The summed E-state index contributed by atoms with van der Waals surface area (Å²) in [6.45, 7) is 0. The first-order valence-corrected chi connectivity index (χ1v) is 2.19. The third kappa shape index (κ3) is 272. The smallest absolute Gasteiger partial charge is 0.870 e. The summed E-state index contributed by atoms with van der Waals surface area (Å²) in [5.41, 5.74) is 0. The summed E-state index contributed by atoms with van der Waals surface area (Å²) in [6, 6.07) is 0. The first-order valence-electron chi connectivity index (χ1n) is 0.730. The van der Waals surface area contributed by atoms with Crippen molar-refractivity contribution in [3.05, 3.63) is 0 Å². The minimum absolute atomic E-state index is 0. The monoisotopic (exact) mass is 288 g/mol. The van der Waals surface area contributed by atoms with E-state index in [0.717, 1.165) is 0 Å². The second kappa shape index (κ2) is 12.1. The maximum absolute atomic E-state index is 8.55. The molecule has 0 bridgehead atoms. The number of rotatable bonds is 0. The summed E-state index contributed by atoms with van der Waals surface area (Å²) in [7, 11) is -5.39. The van der Waals surface area contributed by atoms with Crippen molar-refractivity contribution in [3.63, 3.8) is 0 Å². The van der Waals surface area contributed by atoms with Crippen LogP contribution in [0.1, 0.15) is 0 Å². The van der Waals surface area contributed by atoms with Crippen LogP contribution in [0, 0.1) is 41.7 Å². The Morgan fingerprint density at radius 1 is 1.11 bits per heavy atom. The molecule has 0 aromatic rings. The van der Waals surface area contributed by atoms with Crippen LogP contribution in [0.4, 0.5) is 0 Å². The third-order valence-electron chi connectivity index (χ3n) is 0. The maximum Gasteiger partial charge on any atom is 3.00 e. The first-order chi connectivity index (χ1) is 2.00. The quantitative estimate of drug-likeness (QED) is 0.453. The number of hydrogen-bond donors (Lipinski definition) is 1. The summed E-state index contributed by atoms with van der Waals surface area (Å²) in [4.78, 5) is 25.6. The molecule has 0 saturated heterocycles. The Balaban J connectivity index is -0.0000000133. The van der Waals surface area contributed by atoms with Crippen LogP contribution in [0.25, 0.3) is 0 Å². The fourth-order valence-corrected chi connectivity index (χ4v) is 0. The van der Waals surface area contributed by atoms with Crippen molar-refractivity contribution >= 4 is 7.82 Å². The predicted octanol–water partition coefficient (Wildman–Crippen LogP) is -3.45. The average molecular weight is 288 g/mol. The molecular formula is H7CeNO6P. The van der Waals surface area contributed by atoms with Gasteiger partial charge in [-0.2, -0.15) is 7.82 Å². The second-order valence-electron chi connectivity index (χ2n) is 0.447. The Kier molecular flexibility index (Phi) is 42.4. The Hall–Kier alpha value is 1.37. The van der Waals surface area contributed by atoms with Crippen LogP contribution in [-0.2, 0) is 4.57 Å². The zero-order chi connectivity index (χ0) is 4.50. The molecule has 0 aliphatic carbocycles. The zero-order valence-corrected chi connectivity index (χ0v) is 8.56. The largest absolute Gasteiger partial charge is 3.00 e. The van der Waals surface area contributed by atoms with E-state index in [1.54, 1.807) is 0 Å². The van der Waals surface area contributed by atoms with Crippen LogP contribution >= 0.6 is 7.82 Å². The fourth-order valence-electron chi connectivity index (χ4n) is 0. The number of hydrogen-bond acceptors (Lipinski definition) is 5. The van der Waals surface area contributed by atoms with E-state index in [0.29, 0.717) is 0 Å². The van der Waals surface area contributed by atoms with Crippen LogP contribution in [0.2, 0.25) is 0 Å². The maximum atomic E-state index is 8.55. The molecule has 0 saturated carbocycles. The van der Waals surface area contributed by atoms with Crippen LogP contribution in [0.3, 0.4) is 0 Å². The van der Waals surface area contributed by atoms with Gasteiger partial charge in [0, 0.05) is 0 Å². The van der Waals surface area contributed by atoms with E-state index in [9.17, 15) is 0 Å². The van der Waals surface area contributed by atoms with Gasteiger partial charge >= 0.3 is 41.7 Å². The molecule has 1 radical (unpaired) electrons. The Labute approximate surface area is 85.3 Å². The van der Waals surface area contributed by atoms with E-state index >= 15 is 0 Å². The average Bonchev–Trinajstić information content (AvgIpc) is 0.722. The van der Waals surface area contributed by atoms with Gasteiger partial charge in [0.2, 0.25) is 0 Å². The molecule has 0 spiro atoms. The fraction of sp³-hybridized carbons (Fsp3) is 0. The van der Waals surface area contributed by atoms with Crippen LogP contribution < -0.4 is 20.8 Å². The molecule has 0 atom stereocenters. The van der Waals surface area contributed by atoms with Crippen LogP contribution in [0.5, 0.6) is 0 Å². The van der Waals surface area contributed by atoms with Gasteiger partial charge in [0.05, 0.1) is 0 Å². The van der Waals surface area contributed by atoms with E-state index in [2.05, 4.69) is 0 Å².